The van der Waals surface area contributed by atoms with Gasteiger partial charge in [-0.15, -0.1) is 12.4 Å². The third-order valence-corrected chi connectivity index (χ3v) is 4.57. The first-order valence-electron chi connectivity index (χ1n) is 7.99. The number of halogens is 2. The van der Waals surface area contributed by atoms with Crippen LogP contribution in [0.2, 0.25) is 5.02 Å². The molecular weight excluding hydrogens is 351 g/mol. The molecule has 1 aromatic carbocycles. The van der Waals surface area contributed by atoms with Crippen molar-refractivity contribution in [3.8, 4) is 0 Å². The van der Waals surface area contributed by atoms with Gasteiger partial charge in [0, 0.05) is 5.02 Å². The number of carbonyl (C=O) groups excluding carboxylic acids is 1. The van der Waals surface area contributed by atoms with Crippen molar-refractivity contribution in [1.29, 1.82) is 0 Å². The molecule has 2 rings (SSSR count). The van der Waals surface area contributed by atoms with E-state index in [0.29, 0.717) is 37.5 Å². The van der Waals surface area contributed by atoms with E-state index >= 15 is 0 Å². The van der Waals surface area contributed by atoms with Crippen LogP contribution in [0, 0.1) is 5.92 Å². The van der Waals surface area contributed by atoms with Crippen LogP contribution in [-0.4, -0.2) is 41.5 Å². The van der Waals surface area contributed by atoms with E-state index in [1.807, 2.05) is 36.1 Å². The van der Waals surface area contributed by atoms with Gasteiger partial charge < -0.3 is 10.4 Å². The highest BCUT2D eigenvalue weighted by molar-refractivity contribution is 6.30. The molecule has 1 unspecified atom stereocenters. The van der Waals surface area contributed by atoms with Crippen LogP contribution in [-0.2, 0) is 9.59 Å². The minimum Gasteiger partial charge on any atom is -0.481 e. The largest absolute Gasteiger partial charge is 0.481 e. The highest BCUT2D eigenvalue weighted by Crippen LogP contribution is 2.20. The molecule has 0 saturated carbocycles. The molecule has 1 heterocycles. The lowest BCUT2D eigenvalue weighted by Crippen LogP contribution is -2.43. The molecule has 2 N–H and O–H groups in total. The number of nitrogens with one attached hydrogen (secondary N) is 1. The average Bonchev–Trinajstić information content (AvgIpc) is 2.54. The standard InChI is InChI=1S/C17H23ClN2O3.ClH/c1-2-15(12-3-5-14(18)6-4-12)19-16(21)11-20-9-7-13(8-10-20)17(22)23;/h3-6,13,15H,2,7-11H2,1H3,(H,19,21)(H,22,23);1H. The maximum Gasteiger partial charge on any atom is 0.306 e. The Kier molecular flexibility index (Phi) is 8.53. The lowest BCUT2D eigenvalue weighted by molar-refractivity contribution is -0.143. The Balaban J connectivity index is 0.00000288. The van der Waals surface area contributed by atoms with Gasteiger partial charge in [-0.1, -0.05) is 30.7 Å². The Hall–Kier alpha value is -1.30. The van der Waals surface area contributed by atoms with E-state index in [0.717, 1.165) is 12.0 Å². The van der Waals surface area contributed by atoms with E-state index in [2.05, 4.69) is 5.32 Å². The summed E-state index contributed by atoms with van der Waals surface area (Å²) in [5.74, 6) is -1.03. The minimum atomic E-state index is -0.733. The number of benzene rings is 1. The molecule has 0 aliphatic carbocycles. The van der Waals surface area contributed by atoms with Crippen molar-refractivity contribution < 1.29 is 14.7 Å². The Morgan fingerprint density at radius 2 is 1.88 bits per heavy atom. The first kappa shape index (κ1) is 20.7. The monoisotopic (exact) mass is 374 g/mol. The number of rotatable bonds is 6. The zero-order chi connectivity index (χ0) is 16.8. The molecule has 0 radical (unpaired) electrons. The van der Waals surface area contributed by atoms with E-state index in [1.54, 1.807) is 0 Å². The van der Waals surface area contributed by atoms with Crippen LogP contribution in [0.3, 0.4) is 0 Å². The highest BCUT2D eigenvalue weighted by atomic mass is 35.5. The quantitative estimate of drug-likeness (QED) is 0.802. The summed E-state index contributed by atoms with van der Waals surface area (Å²) in [6.07, 6.45) is 2.02. The highest BCUT2D eigenvalue weighted by Gasteiger charge is 2.25. The third kappa shape index (κ3) is 5.96. The van der Waals surface area contributed by atoms with E-state index in [9.17, 15) is 9.59 Å². The lowest BCUT2D eigenvalue weighted by atomic mass is 9.97. The maximum atomic E-state index is 12.2. The molecule has 1 aliphatic rings. The van der Waals surface area contributed by atoms with Crippen LogP contribution in [0.15, 0.2) is 24.3 Å². The van der Waals surface area contributed by atoms with Crippen LogP contribution in [0.5, 0.6) is 0 Å². The van der Waals surface area contributed by atoms with Gasteiger partial charge in [0.25, 0.3) is 0 Å². The number of carboxylic acids is 1. The third-order valence-electron chi connectivity index (χ3n) is 4.32. The number of carbonyl (C=O) groups is 2. The number of aliphatic carboxylic acids is 1. The number of carboxylic acid groups (broad SMARTS) is 1. The van der Waals surface area contributed by atoms with Crippen LogP contribution in [0.25, 0.3) is 0 Å². The number of likely N-dealkylation sites (tertiary alicyclic amines) is 1. The van der Waals surface area contributed by atoms with Gasteiger partial charge in [0.15, 0.2) is 0 Å². The number of piperidine rings is 1. The predicted molar refractivity (Wildman–Crippen MR) is 96.7 cm³/mol. The summed E-state index contributed by atoms with van der Waals surface area (Å²) >= 11 is 5.89. The molecule has 1 aromatic rings. The number of amides is 1. The van der Waals surface area contributed by atoms with Gasteiger partial charge in [-0.3, -0.25) is 14.5 Å². The fraction of sp³-hybridized carbons (Fsp3) is 0.529. The van der Waals surface area contributed by atoms with Gasteiger partial charge in [-0.2, -0.15) is 0 Å². The molecule has 7 heteroatoms. The molecule has 0 aromatic heterocycles. The summed E-state index contributed by atoms with van der Waals surface area (Å²) in [7, 11) is 0. The van der Waals surface area contributed by atoms with Crippen molar-refractivity contribution in [1.82, 2.24) is 10.2 Å². The summed E-state index contributed by atoms with van der Waals surface area (Å²) in [5.41, 5.74) is 1.04. The Morgan fingerprint density at radius 1 is 1.29 bits per heavy atom. The van der Waals surface area contributed by atoms with Crippen molar-refractivity contribution in [2.75, 3.05) is 19.6 Å². The number of hydrogen-bond donors (Lipinski definition) is 2. The second kappa shape index (κ2) is 9.87. The van der Waals surface area contributed by atoms with Gasteiger partial charge in [-0.05, 0) is 50.0 Å². The van der Waals surface area contributed by atoms with E-state index in [-0.39, 0.29) is 30.3 Å². The molecule has 0 spiro atoms. The van der Waals surface area contributed by atoms with Gasteiger partial charge in [0.2, 0.25) is 5.91 Å². The topological polar surface area (TPSA) is 69.6 Å². The summed E-state index contributed by atoms with van der Waals surface area (Å²) in [4.78, 5) is 25.2. The second-order valence-corrected chi connectivity index (χ2v) is 6.40. The van der Waals surface area contributed by atoms with Gasteiger partial charge in [0.05, 0.1) is 18.5 Å². The second-order valence-electron chi connectivity index (χ2n) is 5.97. The van der Waals surface area contributed by atoms with Crippen LogP contribution in [0.1, 0.15) is 37.8 Å². The smallest absolute Gasteiger partial charge is 0.306 e. The normalized spacial score (nSPS) is 16.9. The van der Waals surface area contributed by atoms with E-state index < -0.39 is 5.97 Å². The molecule has 1 aliphatic heterocycles. The predicted octanol–water partition coefficient (Wildman–Crippen LogP) is 3.13. The summed E-state index contributed by atoms with van der Waals surface area (Å²) in [5, 5.41) is 12.7. The van der Waals surface area contributed by atoms with Gasteiger partial charge >= 0.3 is 5.97 Å². The van der Waals surface area contributed by atoms with Crippen molar-refractivity contribution in [3.05, 3.63) is 34.9 Å². The summed E-state index contributed by atoms with van der Waals surface area (Å²) in [6.45, 7) is 3.65. The fourth-order valence-electron chi connectivity index (χ4n) is 2.90. The molecule has 0 bridgehead atoms. The molecule has 24 heavy (non-hydrogen) atoms. The van der Waals surface area contributed by atoms with Crippen molar-refractivity contribution >= 4 is 35.9 Å². The molecule has 1 amide bonds. The van der Waals surface area contributed by atoms with Gasteiger partial charge in [0.1, 0.15) is 0 Å². The zero-order valence-corrected chi connectivity index (χ0v) is 15.3. The average molecular weight is 375 g/mol. The zero-order valence-electron chi connectivity index (χ0n) is 13.7. The van der Waals surface area contributed by atoms with E-state index in [4.69, 9.17) is 16.7 Å². The molecule has 1 fully saturated rings. The SMILES string of the molecule is CCC(NC(=O)CN1CCC(C(=O)O)CC1)c1ccc(Cl)cc1.Cl. The Morgan fingerprint density at radius 3 is 2.38 bits per heavy atom. The van der Waals surface area contributed by atoms with Crippen molar-refractivity contribution in [3.63, 3.8) is 0 Å². The Labute approximate surface area is 153 Å². The number of hydrogen-bond acceptors (Lipinski definition) is 3. The fourth-order valence-corrected chi connectivity index (χ4v) is 3.02. The first-order valence-corrected chi connectivity index (χ1v) is 8.37. The minimum absolute atomic E-state index is 0. The van der Waals surface area contributed by atoms with Crippen molar-refractivity contribution in [2.24, 2.45) is 5.92 Å². The van der Waals surface area contributed by atoms with Crippen LogP contribution < -0.4 is 5.32 Å². The maximum absolute atomic E-state index is 12.2. The molecule has 5 nitrogen and oxygen atoms in total. The van der Waals surface area contributed by atoms with Gasteiger partial charge in [-0.25, -0.2) is 0 Å². The van der Waals surface area contributed by atoms with E-state index in [1.165, 1.54) is 0 Å². The molecule has 1 atom stereocenters. The summed E-state index contributed by atoms with van der Waals surface area (Å²) < 4.78 is 0. The summed E-state index contributed by atoms with van der Waals surface area (Å²) in [6, 6.07) is 7.46. The lowest BCUT2D eigenvalue weighted by Gasteiger charge is -2.30. The molecule has 134 valence electrons. The number of nitrogens with zero attached hydrogens (tertiary/aromatic N) is 1. The Bertz CT molecular complexity index is 543. The molecule has 1 saturated heterocycles. The first-order chi connectivity index (χ1) is 11.0. The molecular formula is C17H24Cl2N2O3. The van der Waals surface area contributed by atoms with Crippen LogP contribution >= 0.6 is 24.0 Å². The van der Waals surface area contributed by atoms with Crippen molar-refractivity contribution in [2.45, 2.75) is 32.2 Å². The van der Waals surface area contributed by atoms with Crippen LogP contribution in [0.4, 0.5) is 0 Å².